The Bertz CT molecular complexity index is 559. The van der Waals surface area contributed by atoms with E-state index in [0.29, 0.717) is 22.8 Å². The van der Waals surface area contributed by atoms with Crippen LogP contribution in [-0.4, -0.2) is 20.8 Å². The van der Waals surface area contributed by atoms with Gasteiger partial charge >= 0.3 is 0 Å². The Labute approximate surface area is 102 Å². The highest BCUT2D eigenvalue weighted by Crippen LogP contribution is 2.24. The van der Waals surface area contributed by atoms with Crippen LogP contribution < -0.4 is 5.56 Å². The Morgan fingerprint density at radius 3 is 2.94 bits per heavy atom. The van der Waals surface area contributed by atoms with Gasteiger partial charge in [-0.25, -0.2) is 9.97 Å². The van der Waals surface area contributed by atoms with Crippen molar-refractivity contribution in [2.75, 3.05) is 6.26 Å². The van der Waals surface area contributed by atoms with E-state index in [-0.39, 0.29) is 5.56 Å². The third-order valence-electron chi connectivity index (χ3n) is 2.10. The van der Waals surface area contributed by atoms with E-state index in [4.69, 9.17) is 0 Å². The highest BCUT2D eigenvalue weighted by molar-refractivity contribution is 8.00. The van der Waals surface area contributed by atoms with Gasteiger partial charge in [0.2, 0.25) is 0 Å². The molecule has 16 heavy (non-hydrogen) atoms. The van der Waals surface area contributed by atoms with Crippen LogP contribution in [-0.2, 0) is 6.54 Å². The summed E-state index contributed by atoms with van der Waals surface area (Å²) in [5, 5.41) is 0. The molecule has 0 unspecified atom stereocenters. The van der Waals surface area contributed by atoms with Crippen LogP contribution in [0, 0.1) is 5.92 Å². The molecule has 0 bridgehead atoms. The molecule has 0 amide bonds. The minimum atomic E-state index is 0.0245. The topological polar surface area (TPSA) is 47.8 Å². The van der Waals surface area contributed by atoms with Crippen LogP contribution >= 0.6 is 23.1 Å². The van der Waals surface area contributed by atoms with Crippen LogP contribution in [0.25, 0.3) is 10.3 Å². The number of hydrogen-bond acceptors (Lipinski definition) is 5. The summed E-state index contributed by atoms with van der Waals surface area (Å²) in [4.78, 5) is 20.6. The molecule has 0 saturated carbocycles. The Balaban J connectivity index is 2.55. The summed E-state index contributed by atoms with van der Waals surface area (Å²) in [7, 11) is 0. The molecule has 0 spiro atoms. The average Bonchev–Trinajstić information content (AvgIpc) is 2.65. The average molecular weight is 255 g/mol. The summed E-state index contributed by atoms with van der Waals surface area (Å²) in [6.45, 7) is 4.86. The predicted molar refractivity (Wildman–Crippen MR) is 68.3 cm³/mol. The first-order valence-electron chi connectivity index (χ1n) is 5.01. The van der Waals surface area contributed by atoms with Crippen molar-refractivity contribution in [2.45, 2.75) is 24.7 Å². The molecule has 4 nitrogen and oxygen atoms in total. The summed E-state index contributed by atoms with van der Waals surface area (Å²) in [5.74, 6) is 0.435. The normalized spacial score (nSPS) is 11.5. The standard InChI is InChI=1S/C10H13N3OS2/c1-6(2)4-13-5-11-8-7(9(13)14)16-10(12-8)15-3/h5-6H,4H2,1-3H3. The van der Waals surface area contributed by atoms with Gasteiger partial charge in [-0.2, -0.15) is 0 Å². The van der Waals surface area contributed by atoms with E-state index in [1.165, 1.54) is 11.3 Å². The molecule has 2 rings (SSSR count). The molecule has 0 saturated heterocycles. The van der Waals surface area contributed by atoms with Crippen LogP contribution in [0.2, 0.25) is 0 Å². The van der Waals surface area contributed by atoms with Crippen molar-refractivity contribution < 1.29 is 0 Å². The summed E-state index contributed by atoms with van der Waals surface area (Å²) in [6, 6.07) is 0. The molecule has 6 heteroatoms. The van der Waals surface area contributed by atoms with Crippen LogP contribution in [0.15, 0.2) is 15.5 Å². The van der Waals surface area contributed by atoms with E-state index >= 15 is 0 Å². The third-order valence-corrected chi connectivity index (χ3v) is 4.12. The highest BCUT2D eigenvalue weighted by atomic mass is 32.2. The molecule has 0 fully saturated rings. The van der Waals surface area contributed by atoms with Gasteiger partial charge < -0.3 is 0 Å². The summed E-state index contributed by atoms with van der Waals surface area (Å²) in [6.07, 6.45) is 3.54. The van der Waals surface area contributed by atoms with Crippen molar-refractivity contribution >= 4 is 33.4 Å². The SMILES string of the molecule is CSc1nc2ncn(CC(C)C)c(=O)c2s1. The second kappa shape index (κ2) is 4.55. The second-order valence-electron chi connectivity index (χ2n) is 3.93. The maximum Gasteiger partial charge on any atom is 0.273 e. The third kappa shape index (κ3) is 2.12. The first kappa shape index (κ1) is 11.6. The van der Waals surface area contributed by atoms with E-state index in [1.807, 2.05) is 6.26 Å². The van der Waals surface area contributed by atoms with Crippen molar-refractivity contribution in [3.8, 4) is 0 Å². The van der Waals surface area contributed by atoms with Gasteiger partial charge in [0.25, 0.3) is 5.56 Å². The minimum absolute atomic E-state index is 0.0245. The quantitative estimate of drug-likeness (QED) is 0.789. The van der Waals surface area contributed by atoms with Gasteiger partial charge in [-0.1, -0.05) is 25.6 Å². The van der Waals surface area contributed by atoms with Gasteiger partial charge in [0.1, 0.15) is 11.0 Å². The number of aromatic nitrogens is 3. The fraction of sp³-hybridized carbons (Fsp3) is 0.500. The summed E-state index contributed by atoms with van der Waals surface area (Å²) >= 11 is 2.96. The molecular formula is C10H13N3OS2. The van der Waals surface area contributed by atoms with Crippen molar-refractivity contribution in [3.63, 3.8) is 0 Å². The van der Waals surface area contributed by atoms with E-state index < -0.39 is 0 Å². The number of thiazole rings is 1. The Morgan fingerprint density at radius 2 is 2.31 bits per heavy atom. The zero-order valence-electron chi connectivity index (χ0n) is 9.43. The highest BCUT2D eigenvalue weighted by Gasteiger charge is 2.10. The van der Waals surface area contributed by atoms with Gasteiger partial charge in [0.15, 0.2) is 9.99 Å². The molecule has 0 atom stereocenters. The number of rotatable bonds is 3. The maximum atomic E-state index is 12.1. The van der Waals surface area contributed by atoms with Crippen molar-refractivity contribution in [3.05, 3.63) is 16.7 Å². The minimum Gasteiger partial charge on any atom is -0.298 e. The lowest BCUT2D eigenvalue weighted by Crippen LogP contribution is -2.22. The number of nitrogens with zero attached hydrogens (tertiary/aromatic N) is 3. The monoisotopic (exact) mass is 255 g/mol. The molecule has 0 aliphatic heterocycles. The molecule has 0 aliphatic carbocycles. The van der Waals surface area contributed by atoms with Crippen molar-refractivity contribution in [2.24, 2.45) is 5.92 Å². The summed E-state index contributed by atoms with van der Waals surface area (Å²) < 4.78 is 3.21. The van der Waals surface area contributed by atoms with Gasteiger partial charge in [0.05, 0.1) is 0 Å². The van der Waals surface area contributed by atoms with E-state index in [0.717, 1.165) is 4.34 Å². The van der Waals surface area contributed by atoms with Crippen LogP contribution in [0.4, 0.5) is 0 Å². The lowest BCUT2D eigenvalue weighted by atomic mass is 10.2. The largest absolute Gasteiger partial charge is 0.298 e. The maximum absolute atomic E-state index is 12.1. The van der Waals surface area contributed by atoms with Crippen LogP contribution in [0.1, 0.15) is 13.8 Å². The van der Waals surface area contributed by atoms with E-state index in [9.17, 15) is 4.79 Å². The van der Waals surface area contributed by atoms with E-state index in [1.54, 1.807) is 22.7 Å². The molecule has 0 radical (unpaired) electrons. The van der Waals surface area contributed by atoms with Gasteiger partial charge in [0, 0.05) is 6.54 Å². The molecule has 86 valence electrons. The zero-order valence-corrected chi connectivity index (χ0v) is 11.1. The van der Waals surface area contributed by atoms with Crippen LogP contribution in [0.5, 0.6) is 0 Å². The first-order valence-corrected chi connectivity index (χ1v) is 7.06. The fourth-order valence-corrected chi connectivity index (χ4v) is 2.90. The second-order valence-corrected chi connectivity index (χ2v) is 5.98. The molecule has 2 heterocycles. The lowest BCUT2D eigenvalue weighted by Gasteiger charge is -2.06. The van der Waals surface area contributed by atoms with Crippen molar-refractivity contribution in [1.29, 1.82) is 0 Å². The Hall–Kier alpha value is -0.880. The lowest BCUT2D eigenvalue weighted by molar-refractivity contribution is 0.508. The van der Waals surface area contributed by atoms with E-state index in [2.05, 4.69) is 23.8 Å². The van der Waals surface area contributed by atoms with Gasteiger partial charge in [-0.3, -0.25) is 9.36 Å². The zero-order chi connectivity index (χ0) is 11.7. The molecule has 0 aromatic carbocycles. The predicted octanol–water partition coefficient (Wildman–Crippen LogP) is 2.23. The number of hydrogen-bond donors (Lipinski definition) is 0. The fourth-order valence-electron chi connectivity index (χ4n) is 1.44. The molecule has 2 aromatic heterocycles. The first-order chi connectivity index (χ1) is 7.61. The Kier molecular flexibility index (Phi) is 3.30. The van der Waals surface area contributed by atoms with Gasteiger partial charge in [-0.15, -0.1) is 11.3 Å². The molecule has 0 aliphatic rings. The molecular weight excluding hydrogens is 242 g/mol. The van der Waals surface area contributed by atoms with Crippen molar-refractivity contribution in [1.82, 2.24) is 14.5 Å². The molecule has 0 N–H and O–H groups in total. The number of fused-ring (bicyclic) bond motifs is 1. The molecule has 2 aromatic rings. The smallest absolute Gasteiger partial charge is 0.273 e. The number of thioether (sulfide) groups is 1. The van der Waals surface area contributed by atoms with Crippen LogP contribution in [0.3, 0.4) is 0 Å². The van der Waals surface area contributed by atoms with Gasteiger partial charge in [-0.05, 0) is 12.2 Å². The Morgan fingerprint density at radius 1 is 1.56 bits per heavy atom. The summed E-state index contributed by atoms with van der Waals surface area (Å²) in [5.41, 5.74) is 0.593.